The summed E-state index contributed by atoms with van der Waals surface area (Å²) in [7, 11) is -3.56. The van der Waals surface area contributed by atoms with E-state index < -0.39 is 10.2 Å². The van der Waals surface area contributed by atoms with Gasteiger partial charge in [0.1, 0.15) is 0 Å². The number of hydrogen-bond acceptors (Lipinski definition) is 3. The van der Waals surface area contributed by atoms with Gasteiger partial charge in [0.05, 0.1) is 5.69 Å². The Morgan fingerprint density at radius 1 is 1.29 bits per heavy atom. The second-order valence-corrected chi connectivity index (χ2v) is 6.57. The lowest BCUT2D eigenvalue weighted by Crippen LogP contribution is -2.30. The van der Waals surface area contributed by atoms with Gasteiger partial charge in [-0.05, 0) is 50.4 Å². The summed E-state index contributed by atoms with van der Waals surface area (Å²) in [5, 5.41) is 0. The van der Waals surface area contributed by atoms with E-state index >= 15 is 0 Å². The predicted molar refractivity (Wildman–Crippen MR) is 77.1 cm³/mol. The van der Waals surface area contributed by atoms with Gasteiger partial charge in [-0.25, -0.2) is 0 Å². The van der Waals surface area contributed by atoms with Crippen LogP contribution in [0.25, 0.3) is 0 Å². The van der Waals surface area contributed by atoms with Crippen LogP contribution < -0.4 is 15.2 Å². The zero-order chi connectivity index (χ0) is 13.1. The first-order valence-corrected chi connectivity index (χ1v) is 7.94. The Balaban J connectivity index is 2.96. The topological polar surface area (TPSA) is 84.2 Å². The van der Waals surface area contributed by atoms with Gasteiger partial charge in [0.25, 0.3) is 10.2 Å². The number of nitrogen functional groups attached to an aromatic ring is 1. The van der Waals surface area contributed by atoms with Crippen LogP contribution in [0.1, 0.15) is 13.3 Å². The van der Waals surface area contributed by atoms with Crippen LogP contribution in [0, 0.1) is 0 Å². The molecule has 0 heterocycles. The second kappa shape index (κ2) is 6.03. The van der Waals surface area contributed by atoms with Crippen LogP contribution >= 0.6 is 31.9 Å². The van der Waals surface area contributed by atoms with E-state index in [2.05, 4.69) is 41.3 Å². The molecule has 5 nitrogen and oxygen atoms in total. The van der Waals surface area contributed by atoms with Crippen molar-refractivity contribution in [2.24, 2.45) is 0 Å². The third-order valence-corrected chi connectivity index (χ3v) is 4.15. The van der Waals surface area contributed by atoms with Gasteiger partial charge < -0.3 is 5.73 Å². The van der Waals surface area contributed by atoms with E-state index in [4.69, 9.17) is 5.73 Å². The largest absolute Gasteiger partial charge is 0.399 e. The average Bonchev–Trinajstić information content (AvgIpc) is 2.21. The van der Waals surface area contributed by atoms with Crippen molar-refractivity contribution in [1.29, 1.82) is 0 Å². The van der Waals surface area contributed by atoms with E-state index in [0.29, 0.717) is 26.9 Å². The highest BCUT2D eigenvalue weighted by Gasteiger charge is 2.14. The number of nitrogens with two attached hydrogens (primary N) is 1. The number of hydrogen-bond donors (Lipinski definition) is 3. The Morgan fingerprint density at radius 3 is 2.29 bits per heavy atom. The van der Waals surface area contributed by atoms with Gasteiger partial charge in [-0.1, -0.05) is 6.92 Å². The Kier molecular flexibility index (Phi) is 5.23. The van der Waals surface area contributed by atoms with Gasteiger partial charge in [-0.3, -0.25) is 4.72 Å². The van der Waals surface area contributed by atoms with E-state index in [1.54, 1.807) is 12.1 Å². The van der Waals surface area contributed by atoms with Gasteiger partial charge in [0, 0.05) is 21.2 Å². The highest BCUT2D eigenvalue weighted by Crippen LogP contribution is 2.33. The van der Waals surface area contributed by atoms with Crippen molar-refractivity contribution in [2.75, 3.05) is 17.0 Å². The van der Waals surface area contributed by atoms with Crippen LogP contribution in [-0.4, -0.2) is 15.0 Å². The smallest absolute Gasteiger partial charge is 0.299 e. The monoisotopic (exact) mass is 385 g/mol. The van der Waals surface area contributed by atoms with Gasteiger partial charge >= 0.3 is 0 Å². The van der Waals surface area contributed by atoms with E-state index in [0.717, 1.165) is 6.42 Å². The summed E-state index contributed by atoms with van der Waals surface area (Å²) in [4.78, 5) is 0. The molecule has 96 valence electrons. The Hall–Kier alpha value is -0.310. The summed E-state index contributed by atoms with van der Waals surface area (Å²) in [5.41, 5.74) is 6.57. The minimum atomic E-state index is -3.56. The first kappa shape index (κ1) is 14.7. The summed E-state index contributed by atoms with van der Waals surface area (Å²) in [5.74, 6) is 0. The maximum atomic E-state index is 11.7. The van der Waals surface area contributed by atoms with Gasteiger partial charge in [0.15, 0.2) is 0 Å². The minimum absolute atomic E-state index is 0.388. The van der Waals surface area contributed by atoms with Crippen molar-refractivity contribution in [1.82, 2.24) is 4.72 Å². The standard InChI is InChI=1S/C9H13Br2N3O2S/c1-2-3-13-17(15,16)14-9-7(10)4-6(12)5-8(9)11/h4-5,13-14H,2-3,12H2,1H3. The third-order valence-electron chi connectivity index (χ3n) is 1.84. The molecule has 0 atom stereocenters. The number of anilines is 2. The summed E-state index contributed by atoms with van der Waals surface area (Å²) in [6.07, 6.45) is 0.727. The highest BCUT2D eigenvalue weighted by atomic mass is 79.9. The highest BCUT2D eigenvalue weighted by molar-refractivity contribution is 9.11. The normalized spacial score (nSPS) is 11.5. The molecule has 0 saturated carbocycles. The van der Waals surface area contributed by atoms with Crippen LogP contribution in [0.3, 0.4) is 0 Å². The number of nitrogens with one attached hydrogen (secondary N) is 2. The summed E-state index contributed by atoms with van der Waals surface area (Å²) in [6, 6.07) is 3.25. The maximum Gasteiger partial charge on any atom is 0.299 e. The van der Waals surface area contributed by atoms with Crippen molar-refractivity contribution in [3.05, 3.63) is 21.1 Å². The van der Waals surface area contributed by atoms with Crippen LogP contribution in [0.2, 0.25) is 0 Å². The van der Waals surface area contributed by atoms with Crippen molar-refractivity contribution >= 4 is 53.4 Å². The van der Waals surface area contributed by atoms with E-state index in [1.807, 2.05) is 6.92 Å². The number of benzene rings is 1. The fourth-order valence-corrected chi connectivity index (χ4v) is 3.81. The van der Waals surface area contributed by atoms with Crippen LogP contribution in [0.4, 0.5) is 11.4 Å². The lowest BCUT2D eigenvalue weighted by Gasteiger charge is -2.12. The molecule has 0 radical (unpaired) electrons. The quantitative estimate of drug-likeness (QED) is 0.679. The van der Waals surface area contributed by atoms with E-state index in [-0.39, 0.29) is 0 Å². The van der Waals surface area contributed by atoms with Crippen molar-refractivity contribution in [3.8, 4) is 0 Å². The molecule has 1 aromatic carbocycles. The minimum Gasteiger partial charge on any atom is -0.399 e. The van der Waals surface area contributed by atoms with Gasteiger partial charge in [-0.2, -0.15) is 13.1 Å². The predicted octanol–water partition coefficient (Wildman–Crippen LogP) is 2.45. The molecule has 0 aliphatic heterocycles. The molecule has 0 aliphatic rings. The number of rotatable bonds is 5. The average molecular weight is 387 g/mol. The molecule has 0 amide bonds. The molecular formula is C9H13Br2N3O2S. The summed E-state index contributed by atoms with van der Waals surface area (Å²) in [6.45, 7) is 2.27. The van der Waals surface area contributed by atoms with Crippen LogP contribution in [0.5, 0.6) is 0 Å². The molecule has 0 spiro atoms. The van der Waals surface area contributed by atoms with E-state index in [9.17, 15) is 8.42 Å². The zero-order valence-electron chi connectivity index (χ0n) is 9.13. The van der Waals surface area contributed by atoms with Gasteiger partial charge in [-0.15, -0.1) is 0 Å². The lowest BCUT2D eigenvalue weighted by atomic mass is 10.3. The molecule has 0 fully saturated rings. The molecule has 8 heteroatoms. The molecule has 4 N–H and O–H groups in total. The lowest BCUT2D eigenvalue weighted by molar-refractivity contribution is 0.586. The summed E-state index contributed by atoms with van der Waals surface area (Å²) >= 11 is 6.51. The Labute approximate surface area is 118 Å². The molecule has 0 aromatic heterocycles. The second-order valence-electron chi connectivity index (χ2n) is 3.36. The molecule has 0 unspecified atom stereocenters. The molecule has 1 aromatic rings. The molecular weight excluding hydrogens is 374 g/mol. The number of halogens is 2. The van der Waals surface area contributed by atoms with Gasteiger partial charge in [0.2, 0.25) is 0 Å². The Morgan fingerprint density at radius 2 is 1.82 bits per heavy atom. The van der Waals surface area contributed by atoms with Crippen LogP contribution in [-0.2, 0) is 10.2 Å². The van der Waals surface area contributed by atoms with Crippen molar-refractivity contribution < 1.29 is 8.42 Å². The molecule has 0 saturated heterocycles. The molecule has 17 heavy (non-hydrogen) atoms. The Bertz CT molecular complexity index is 482. The molecule has 0 aliphatic carbocycles. The molecule has 0 bridgehead atoms. The zero-order valence-corrected chi connectivity index (χ0v) is 13.1. The summed E-state index contributed by atoms with van der Waals surface area (Å²) < 4.78 is 29.3. The first-order valence-electron chi connectivity index (χ1n) is 4.87. The fourth-order valence-electron chi connectivity index (χ4n) is 1.10. The van der Waals surface area contributed by atoms with E-state index in [1.165, 1.54) is 0 Å². The third kappa shape index (κ3) is 4.46. The SMILES string of the molecule is CCCNS(=O)(=O)Nc1c(Br)cc(N)cc1Br. The van der Waals surface area contributed by atoms with Crippen molar-refractivity contribution in [3.63, 3.8) is 0 Å². The first-order chi connectivity index (χ1) is 7.85. The fraction of sp³-hybridized carbons (Fsp3) is 0.333. The van der Waals surface area contributed by atoms with Crippen molar-refractivity contribution in [2.45, 2.75) is 13.3 Å². The maximum absolute atomic E-state index is 11.7. The van der Waals surface area contributed by atoms with Crippen LogP contribution in [0.15, 0.2) is 21.1 Å². The molecule has 1 rings (SSSR count).